The molecule has 3 aromatic rings. The third-order valence-corrected chi connectivity index (χ3v) is 5.66. The number of amides is 2. The Bertz CT molecular complexity index is 1120. The summed E-state index contributed by atoms with van der Waals surface area (Å²) >= 11 is 0. The highest BCUT2D eigenvalue weighted by atomic mass is 16.4. The van der Waals surface area contributed by atoms with Crippen molar-refractivity contribution in [2.45, 2.75) is 25.3 Å². The van der Waals surface area contributed by atoms with Gasteiger partial charge in [0.15, 0.2) is 0 Å². The van der Waals surface area contributed by atoms with Crippen LogP contribution in [0.3, 0.4) is 0 Å². The van der Waals surface area contributed by atoms with Crippen molar-refractivity contribution < 1.29 is 24.6 Å². The lowest BCUT2D eigenvalue weighted by molar-refractivity contribution is -0.142. The van der Waals surface area contributed by atoms with Crippen LogP contribution in [0.25, 0.3) is 10.8 Å². The van der Waals surface area contributed by atoms with Crippen LogP contribution in [0.5, 0.6) is 0 Å². The van der Waals surface area contributed by atoms with E-state index in [4.69, 9.17) is 0 Å². The van der Waals surface area contributed by atoms with E-state index in [-0.39, 0.29) is 13.0 Å². The summed E-state index contributed by atoms with van der Waals surface area (Å²) in [6, 6.07) is 21.2. The molecule has 0 aromatic heterocycles. The summed E-state index contributed by atoms with van der Waals surface area (Å²) in [7, 11) is 1.47. The summed E-state index contributed by atoms with van der Waals surface area (Å²) in [5, 5.41) is 23.8. The zero-order valence-corrected chi connectivity index (χ0v) is 18.5. The van der Waals surface area contributed by atoms with Gasteiger partial charge in [-0.15, -0.1) is 0 Å². The summed E-state index contributed by atoms with van der Waals surface area (Å²) in [4.78, 5) is 37.4. The van der Waals surface area contributed by atoms with Gasteiger partial charge in [0.25, 0.3) is 0 Å². The van der Waals surface area contributed by atoms with Gasteiger partial charge >= 0.3 is 18.0 Å². The monoisotopic (exact) mass is 448 g/mol. The smallest absolute Gasteiger partial charge is 0.326 e. The van der Waals surface area contributed by atoms with E-state index in [0.29, 0.717) is 12.8 Å². The van der Waals surface area contributed by atoms with Gasteiger partial charge in [-0.2, -0.15) is 0 Å². The van der Waals surface area contributed by atoms with Gasteiger partial charge in [0.1, 0.15) is 6.04 Å². The molecule has 7 nitrogen and oxygen atoms in total. The van der Waals surface area contributed by atoms with Crippen LogP contribution in [0.1, 0.15) is 17.5 Å². The van der Waals surface area contributed by atoms with E-state index in [0.717, 1.165) is 21.9 Å². The molecule has 7 heteroatoms. The van der Waals surface area contributed by atoms with E-state index < -0.39 is 29.9 Å². The molecular weight excluding hydrogens is 420 g/mol. The van der Waals surface area contributed by atoms with E-state index in [1.165, 1.54) is 11.9 Å². The van der Waals surface area contributed by atoms with Crippen LogP contribution >= 0.6 is 0 Å². The lowest BCUT2D eigenvalue weighted by Crippen LogP contribution is -2.49. The molecule has 2 amide bonds. The Labute approximate surface area is 192 Å². The third-order valence-electron chi connectivity index (χ3n) is 5.66. The second kappa shape index (κ2) is 11.1. The highest BCUT2D eigenvalue weighted by Gasteiger charge is 2.26. The van der Waals surface area contributed by atoms with Crippen LogP contribution in [-0.2, 0) is 22.4 Å². The van der Waals surface area contributed by atoms with Crippen molar-refractivity contribution in [3.63, 3.8) is 0 Å². The maximum atomic E-state index is 12.7. The second-order valence-electron chi connectivity index (χ2n) is 8.17. The lowest BCUT2D eigenvalue weighted by Gasteiger charge is -2.24. The molecule has 33 heavy (non-hydrogen) atoms. The van der Waals surface area contributed by atoms with E-state index in [9.17, 15) is 24.6 Å². The van der Waals surface area contributed by atoms with E-state index in [2.05, 4.69) is 5.32 Å². The lowest BCUT2D eigenvalue weighted by atomic mass is 9.99. The molecule has 0 aliphatic carbocycles. The first-order valence-electron chi connectivity index (χ1n) is 10.8. The van der Waals surface area contributed by atoms with E-state index in [1.54, 1.807) is 0 Å². The first kappa shape index (κ1) is 23.8. The minimum absolute atomic E-state index is 0.0175. The van der Waals surface area contributed by atoms with E-state index in [1.807, 2.05) is 72.8 Å². The number of benzene rings is 3. The fourth-order valence-corrected chi connectivity index (χ4v) is 3.75. The molecule has 0 spiro atoms. The molecular formula is C26H28N2O5. The maximum absolute atomic E-state index is 12.7. The minimum atomic E-state index is -1.15. The Kier molecular flexibility index (Phi) is 8.02. The van der Waals surface area contributed by atoms with Crippen molar-refractivity contribution in [1.82, 2.24) is 10.2 Å². The van der Waals surface area contributed by atoms with Crippen LogP contribution < -0.4 is 5.32 Å². The first-order chi connectivity index (χ1) is 15.8. The highest BCUT2D eigenvalue weighted by Crippen LogP contribution is 2.17. The fourth-order valence-electron chi connectivity index (χ4n) is 3.75. The topological polar surface area (TPSA) is 107 Å². The van der Waals surface area contributed by atoms with Crippen LogP contribution in [0.2, 0.25) is 0 Å². The minimum Gasteiger partial charge on any atom is -0.481 e. The molecule has 3 N–H and O–H groups in total. The first-order valence-corrected chi connectivity index (χ1v) is 10.8. The largest absolute Gasteiger partial charge is 0.481 e. The van der Waals surface area contributed by atoms with Crippen molar-refractivity contribution >= 4 is 28.7 Å². The molecule has 2 atom stereocenters. The SMILES string of the molecule is CN(C[C@H](CCc1ccccc1)C(=O)O)C(=O)N[C@@H](Cc1ccc2ccccc2c1)C(=O)O. The van der Waals surface area contributed by atoms with Gasteiger partial charge in [-0.05, 0) is 34.7 Å². The molecule has 0 aliphatic heterocycles. The number of nitrogens with zero attached hydrogens (tertiary/aromatic N) is 1. The number of carboxylic acids is 2. The van der Waals surface area contributed by atoms with Gasteiger partial charge in [-0.1, -0.05) is 72.8 Å². The van der Waals surface area contributed by atoms with Gasteiger partial charge in [0, 0.05) is 20.0 Å². The van der Waals surface area contributed by atoms with Crippen LogP contribution in [0, 0.1) is 5.92 Å². The van der Waals surface area contributed by atoms with Crippen molar-refractivity contribution in [2.24, 2.45) is 5.92 Å². The Morgan fingerprint density at radius 1 is 0.848 bits per heavy atom. The Morgan fingerprint density at radius 3 is 2.18 bits per heavy atom. The predicted molar refractivity (Wildman–Crippen MR) is 126 cm³/mol. The number of fused-ring (bicyclic) bond motifs is 1. The average molecular weight is 449 g/mol. The maximum Gasteiger partial charge on any atom is 0.326 e. The van der Waals surface area contributed by atoms with Gasteiger partial charge in [0.05, 0.1) is 5.92 Å². The average Bonchev–Trinajstić information content (AvgIpc) is 2.81. The number of rotatable bonds is 10. The number of nitrogens with one attached hydrogen (secondary N) is 1. The zero-order valence-electron chi connectivity index (χ0n) is 18.5. The second-order valence-corrected chi connectivity index (χ2v) is 8.17. The highest BCUT2D eigenvalue weighted by molar-refractivity contribution is 5.85. The van der Waals surface area contributed by atoms with E-state index >= 15 is 0 Å². The number of urea groups is 1. The van der Waals surface area contributed by atoms with Crippen LogP contribution in [-0.4, -0.2) is 52.7 Å². The third kappa shape index (κ3) is 6.80. The molecule has 0 bridgehead atoms. The molecule has 0 saturated heterocycles. The molecule has 0 radical (unpaired) electrons. The molecule has 0 heterocycles. The molecule has 0 unspecified atom stereocenters. The number of hydrogen-bond acceptors (Lipinski definition) is 3. The normalized spacial score (nSPS) is 12.6. The Balaban J connectivity index is 1.60. The quantitative estimate of drug-likeness (QED) is 0.437. The summed E-state index contributed by atoms with van der Waals surface area (Å²) in [5.41, 5.74) is 1.81. The standard InChI is InChI=1S/C26H28N2O5/c1-28(17-22(24(29)30)14-11-18-7-3-2-4-8-18)26(33)27-23(25(31)32)16-19-12-13-20-9-5-6-10-21(20)15-19/h2-10,12-13,15,22-23H,11,14,16-17H2,1H3,(H,27,33)(H,29,30)(H,31,32)/t22-,23-/m0/s1. The molecule has 0 fully saturated rings. The van der Waals surface area contributed by atoms with Crippen molar-refractivity contribution in [3.8, 4) is 0 Å². The molecule has 3 aromatic carbocycles. The number of aryl methyl sites for hydroxylation is 1. The number of carbonyl (C=O) groups is 3. The fraction of sp³-hybridized carbons (Fsp3) is 0.269. The zero-order chi connectivity index (χ0) is 23.8. The van der Waals surface area contributed by atoms with Crippen molar-refractivity contribution in [2.75, 3.05) is 13.6 Å². The Morgan fingerprint density at radius 2 is 1.52 bits per heavy atom. The Hall–Kier alpha value is -3.87. The van der Waals surface area contributed by atoms with Crippen LogP contribution in [0.4, 0.5) is 4.79 Å². The molecule has 0 saturated carbocycles. The summed E-state index contributed by atoms with van der Waals surface area (Å²) in [5.74, 6) is -2.90. The van der Waals surface area contributed by atoms with Crippen LogP contribution in [0.15, 0.2) is 72.8 Å². The van der Waals surface area contributed by atoms with Gasteiger partial charge in [-0.3, -0.25) is 4.79 Å². The summed E-state index contributed by atoms with van der Waals surface area (Å²) in [6.07, 6.45) is 1.07. The molecule has 172 valence electrons. The van der Waals surface area contributed by atoms with Gasteiger partial charge in [-0.25, -0.2) is 9.59 Å². The number of aliphatic carboxylic acids is 2. The summed E-state index contributed by atoms with van der Waals surface area (Å²) < 4.78 is 0. The van der Waals surface area contributed by atoms with Gasteiger partial charge < -0.3 is 20.4 Å². The van der Waals surface area contributed by atoms with Gasteiger partial charge in [0.2, 0.25) is 0 Å². The van der Waals surface area contributed by atoms with Crippen molar-refractivity contribution in [1.29, 1.82) is 0 Å². The molecule has 3 rings (SSSR count). The predicted octanol–water partition coefficient (Wildman–Crippen LogP) is 3.81. The summed E-state index contributed by atoms with van der Waals surface area (Å²) in [6.45, 7) is -0.0175. The number of carbonyl (C=O) groups excluding carboxylic acids is 1. The molecule has 0 aliphatic rings. The number of carboxylic acid groups (broad SMARTS) is 2. The number of hydrogen-bond donors (Lipinski definition) is 3. The van der Waals surface area contributed by atoms with Crippen molar-refractivity contribution in [3.05, 3.63) is 83.9 Å².